The minimum atomic E-state index is -0.689. The summed E-state index contributed by atoms with van der Waals surface area (Å²) in [6, 6.07) is 0. The molecule has 9 heteroatoms. The standard InChI is InChI=1S/C14H21N3O6/c1-14(7-22-8-14)9-23-10(18)5-4-6-17-12(20)15(2)11(19)16(3)13(17)21/h4-9H2,1-3H3. The SMILES string of the molecule is Cn1c(=O)n(C)c(=O)n(CCCC(=O)OCC2(C)COC2)c1=O. The molecule has 0 spiro atoms. The molecule has 0 saturated carbocycles. The van der Waals surface area contributed by atoms with Crippen LogP contribution >= 0.6 is 0 Å². The summed E-state index contributed by atoms with van der Waals surface area (Å²) in [4.78, 5) is 47.1. The van der Waals surface area contributed by atoms with E-state index in [4.69, 9.17) is 9.47 Å². The van der Waals surface area contributed by atoms with Crippen molar-refractivity contribution in [2.24, 2.45) is 19.5 Å². The summed E-state index contributed by atoms with van der Waals surface area (Å²) in [6.07, 6.45) is 0.370. The summed E-state index contributed by atoms with van der Waals surface area (Å²) < 4.78 is 12.9. The Hall–Kier alpha value is -2.16. The molecule has 1 aliphatic rings. The zero-order valence-electron chi connectivity index (χ0n) is 13.5. The van der Waals surface area contributed by atoms with Gasteiger partial charge in [0.15, 0.2) is 0 Å². The molecule has 0 aromatic carbocycles. The van der Waals surface area contributed by atoms with Crippen molar-refractivity contribution in [1.29, 1.82) is 0 Å². The molecule has 0 N–H and O–H groups in total. The lowest BCUT2D eigenvalue weighted by Crippen LogP contribution is -2.52. The number of esters is 1. The number of aromatic nitrogens is 3. The van der Waals surface area contributed by atoms with E-state index >= 15 is 0 Å². The fraction of sp³-hybridized carbons (Fsp3) is 0.714. The van der Waals surface area contributed by atoms with Gasteiger partial charge in [-0.15, -0.1) is 0 Å². The van der Waals surface area contributed by atoms with Crippen LogP contribution in [0.4, 0.5) is 0 Å². The summed E-state index contributed by atoms with van der Waals surface area (Å²) >= 11 is 0. The highest BCUT2D eigenvalue weighted by atomic mass is 16.5. The van der Waals surface area contributed by atoms with Gasteiger partial charge in [0.25, 0.3) is 0 Å². The number of carbonyl (C=O) groups excluding carboxylic acids is 1. The van der Waals surface area contributed by atoms with Crippen LogP contribution in [0.1, 0.15) is 19.8 Å². The van der Waals surface area contributed by atoms with Crippen LogP contribution in [0.3, 0.4) is 0 Å². The maximum absolute atomic E-state index is 11.9. The van der Waals surface area contributed by atoms with Gasteiger partial charge in [-0.1, -0.05) is 6.92 Å². The fourth-order valence-electron chi connectivity index (χ4n) is 2.27. The van der Waals surface area contributed by atoms with Crippen molar-refractivity contribution >= 4 is 5.97 Å². The van der Waals surface area contributed by atoms with Crippen LogP contribution in [0.2, 0.25) is 0 Å². The fourth-order valence-corrected chi connectivity index (χ4v) is 2.27. The molecule has 0 radical (unpaired) electrons. The van der Waals surface area contributed by atoms with Gasteiger partial charge in [0.05, 0.1) is 13.2 Å². The van der Waals surface area contributed by atoms with E-state index < -0.39 is 17.1 Å². The van der Waals surface area contributed by atoms with Crippen LogP contribution in [0.15, 0.2) is 14.4 Å². The van der Waals surface area contributed by atoms with Gasteiger partial charge in [0.1, 0.15) is 6.61 Å². The van der Waals surface area contributed by atoms with Crippen LogP contribution in [0.25, 0.3) is 0 Å². The van der Waals surface area contributed by atoms with Crippen LogP contribution in [-0.2, 0) is 34.9 Å². The van der Waals surface area contributed by atoms with E-state index in [9.17, 15) is 19.2 Å². The van der Waals surface area contributed by atoms with E-state index in [0.29, 0.717) is 19.8 Å². The lowest BCUT2D eigenvalue weighted by Gasteiger charge is -2.37. The zero-order chi connectivity index (χ0) is 17.2. The lowest BCUT2D eigenvalue weighted by atomic mass is 9.90. The monoisotopic (exact) mass is 327 g/mol. The number of hydrogen-bond acceptors (Lipinski definition) is 6. The largest absolute Gasteiger partial charge is 0.465 e. The van der Waals surface area contributed by atoms with Gasteiger partial charge in [-0.05, 0) is 6.42 Å². The molecule has 0 unspecified atom stereocenters. The Labute approximate surface area is 132 Å². The van der Waals surface area contributed by atoms with E-state index in [-0.39, 0.29) is 30.8 Å². The van der Waals surface area contributed by atoms with E-state index in [1.807, 2.05) is 6.92 Å². The average Bonchev–Trinajstić information content (AvgIpc) is 2.50. The van der Waals surface area contributed by atoms with Crippen molar-refractivity contribution in [1.82, 2.24) is 13.7 Å². The van der Waals surface area contributed by atoms with E-state index in [1.165, 1.54) is 14.1 Å². The van der Waals surface area contributed by atoms with Gasteiger partial charge in [0, 0.05) is 32.5 Å². The molecule has 2 rings (SSSR count). The molecular formula is C14H21N3O6. The normalized spacial score (nSPS) is 16.0. The van der Waals surface area contributed by atoms with E-state index in [0.717, 1.165) is 13.7 Å². The van der Waals surface area contributed by atoms with Crippen LogP contribution in [0, 0.1) is 5.41 Å². The second kappa shape index (κ2) is 6.53. The predicted octanol–water partition coefficient (Wildman–Crippen LogP) is -1.39. The first-order chi connectivity index (χ1) is 10.7. The van der Waals surface area contributed by atoms with E-state index in [1.54, 1.807) is 0 Å². The average molecular weight is 327 g/mol. The molecule has 1 aliphatic heterocycles. The Kier molecular flexibility index (Phi) is 4.88. The first kappa shape index (κ1) is 17.2. The third-order valence-corrected chi connectivity index (χ3v) is 3.85. The molecule has 23 heavy (non-hydrogen) atoms. The summed E-state index contributed by atoms with van der Waals surface area (Å²) in [5.74, 6) is -0.382. The first-order valence-electron chi connectivity index (χ1n) is 7.35. The quantitative estimate of drug-likeness (QED) is 0.596. The van der Waals surface area contributed by atoms with Crippen molar-refractivity contribution < 1.29 is 14.3 Å². The first-order valence-corrected chi connectivity index (χ1v) is 7.35. The lowest BCUT2D eigenvalue weighted by molar-refractivity contribution is -0.165. The third kappa shape index (κ3) is 3.61. The molecular weight excluding hydrogens is 306 g/mol. The summed E-state index contributed by atoms with van der Waals surface area (Å²) in [5.41, 5.74) is -2.16. The third-order valence-electron chi connectivity index (χ3n) is 3.85. The Morgan fingerprint density at radius 2 is 1.70 bits per heavy atom. The summed E-state index contributed by atoms with van der Waals surface area (Å²) in [7, 11) is 2.60. The number of ether oxygens (including phenoxy) is 2. The van der Waals surface area contributed by atoms with Crippen molar-refractivity contribution in [2.75, 3.05) is 19.8 Å². The van der Waals surface area contributed by atoms with Gasteiger partial charge in [0.2, 0.25) is 0 Å². The van der Waals surface area contributed by atoms with Gasteiger partial charge in [-0.2, -0.15) is 0 Å². The van der Waals surface area contributed by atoms with Gasteiger partial charge < -0.3 is 9.47 Å². The topological polar surface area (TPSA) is 102 Å². The second-order valence-electron chi connectivity index (χ2n) is 6.19. The van der Waals surface area contributed by atoms with Gasteiger partial charge in [-0.25, -0.2) is 28.1 Å². The Morgan fingerprint density at radius 3 is 2.17 bits per heavy atom. The highest BCUT2D eigenvalue weighted by Gasteiger charge is 2.34. The van der Waals surface area contributed by atoms with Gasteiger partial charge in [-0.3, -0.25) is 4.79 Å². The molecule has 2 heterocycles. The van der Waals surface area contributed by atoms with Crippen LogP contribution in [-0.4, -0.2) is 39.5 Å². The molecule has 0 bridgehead atoms. The maximum atomic E-state index is 11.9. The molecule has 0 aliphatic carbocycles. The van der Waals surface area contributed by atoms with Crippen LogP contribution < -0.4 is 17.1 Å². The molecule has 1 saturated heterocycles. The molecule has 1 aromatic rings. The number of rotatable bonds is 6. The van der Waals surface area contributed by atoms with E-state index in [2.05, 4.69) is 0 Å². The molecule has 0 atom stereocenters. The Bertz CT molecular complexity index is 728. The number of carbonyl (C=O) groups is 1. The zero-order valence-corrected chi connectivity index (χ0v) is 13.5. The smallest absolute Gasteiger partial charge is 0.336 e. The maximum Gasteiger partial charge on any atom is 0.336 e. The van der Waals surface area contributed by atoms with Crippen molar-refractivity contribution in [3.8, 4) is 0 Å². The molecule has 9 nitrogen and oxygen atoms in total. The summed E-state index contributed by atoms with van der Waals surface area (Å²) in [5, 5.41) is 0. The van der Waals surface area contributed by atoms with Crippen LogP contribution in [0.5, 0.6) is 0 Å². The minimum Gasteiger partial charge on any atom is -0.465 e. The van der Waals surface area contributed by atoms with Crippen molar-refractivity contribution in [3.05, 3.63) is 31.5 Å². The minimum absolute atomic E-state index is 0.0507. The second-order valence-corrected chi connectivity index (χ2v) is 6.19. The molecule has 128 valence electrons. The van der Waals surface area contributed by atoms with Crippen molar-refractivity contribution in [2.45, 2.75) is 26.3 Å². The predicted molar refractivity (Wildman–Crippen MR) is 80.3 cm³/mol. The Morgan fingerprint density at radius 1 is 1.13 bits per heavy atom. The summed E-state index contributed by atoms with van der Waals surface area (Å²) in [6.45, 7) is 3.47. The van der Waals surface area contributed by atoms with Gasteiger partial charge >= 0.3 is 23.0 Å². The highest BCUT2D eigenvalue weighted by molar-refractivity contribution is 5.69. The molecule has 0 amide bonds. The number of hydrogen-bond donors (Lipinski definition) is 0. The molecule has 1 aromatic heterocycles. The molecule has 1 fully saturated rings. The van der Waals surface area contributed by atoms with Crippen molar-refractivity contribution in [3.63, 3.8) is 0 Å². The number of nitrogens with zero attached hydrogens (tertiary/aromatic N) is 3. The Balaban J connectivity index is 1.92. The highest BCUT2D eigenvalue weighted by Crippen LogP contribution is 2.26.